The number of carbonyl (C=O) groups excluding carboxylic acids is 1. The van der Waals surface area contributed by atoms with Crippen LogP contribution in [0.4, 0.5) is 0 Å². The Hall–Kier alpha value is -1.88. The predicted molar refractivity (Wildman–Crippen MR) is 71.8 cm³/mol. The van der Waals surface area contributed by atoms with Crippen LogP contribution in [0.5, 0.6) is 0 Å². The van der Waals surface area contributed by atoms with Crippen molar-refractivity contribution in [1.29, 1.82) is 0 Å². The van der Waals surface area contributed by atoms with Gasteiger partial charge >= 0.3 is 0 Å². The quantitative estimate of drug-likeness (QED) is 0.764. The average Bonchev–Trinajstić information content (AvgIpc) is 2.85. The van der Waals surface area contributed by atoms with Gasteiger partial charge in [0.2, 0.25) is 0 Å². The molecule has 0 bridgehead atoms. The molecule has 1 amide bonds. The molecule has 1 aliphatic carbocycles. The molecule has 1 aromatic heterocycles. The van der Waals surface area contributed by atoms with E-state index in [1.54, 1.807) is 18.3 Å². The molecule has 0 spiro atoms. The first-order valence-corrected chi connectivity index (χ1v) is 6.40. The first-order valence-electron chi connectivity index (χ1n) is 6.40. The maximum atomic E-state index is 12.2. The van der Waals surface area contributed by atoms with Crippen LogP contribution < -0.4 is 5.32 Å². The number of benzene rings is 1. The maximum absolute atomic E-state index is 12.2. The summed E-state index contributed by atoms with van der Waals surface area (Å²) in [6, 6.07) is 5.47. The van der Waals surface area contributed by atoms with Gasteiger partial charge in [0, 0.05) is 22.4 Å². The molecule has 1 fully saturated rings. The normalized spacial score (nSPS) is 25.0. The molecule has 5 nitrogen and oxygen atoms in total. The summed E-state index contributed by atoms with van der Waals surface area (Å²) in [6.07, 6.45) is 2.00. The fourth-order valence-corrected chi connectivity index (χ4v) is 2.47. The fourth-order valence-electron chi connectivity index (χ4n) is 2.47. The second-order valence-electron chi connectivity index (χ2n) is 5.77. The lowest BCUT2D eigenvalue weighted by molar-refractivity contribution is -0.0689. The largest absolute Gasteiger partial charge is 0.392 e. The highest BCUT2D eigenvalue weighted by atomic mass is 16.3. The Morgan fingerprint density at radius 3 is 3.00 bits per heavy atom. The first kappa shape index (κ1) is 12.2. The van der Waals surface area contributed by atoms with E-state index >= 15 is 0 Å². The summed E-state index contributed by atoms with van der Waals surface area (Å²) in [5, 5.41) is 20.4. The number of aliphatic hydroxyl groups is 1. The Morgan fingerprint density at radius 1 is 1.53 bits per heavy atom. The van der Waals surface area contributed by atoms with Gasteiger partial charge in [-0.3, -0.25) is 9.89 Å². The number of aromatic amines is 1. The molecule has 0 aliphatic heterocycles. The van der Waals surface area contributed by atoms with Crippen molar-refractivity contribution in [3.63, 3.8) is 0 Å². The van der Waals surface area contributed by atoms with Crippen LogP contribution in [0.1, 0.15) is 30.6 Å². The van der Waals surface area contributed by atoms with Gasteiger partial charge in [-0.05, 0) is 18.6 Å². The van der Waals surface area contributed by atoms with Gasteiger partial charge in [0.05, 0.1) is 17.8 Å². The van der Waals surface area contributed by atoms with Crippen molar-refractivity contribution in [3.05, 3.63) is 30.0 Å². The summed E-state index contributed by atoms with van der Waals surface area (Å²) in [5.74, 6) is -0.110. The van der Waals surface area contributed by atoms with Crippen LogP contribution >= 0.6 is 0 Å². The number of carbonyl (C=O) groups is 1. The minimum absolute atomic E-state index is 0.0208. The van der Waals surface area contributed by atoms with Gasteiger partial charge in [0.15, 0.2) is 0 Å². The maximum Gasteiger partial charge on any atom is 0.251 e. The van der Waals surface area contributed by atoms with Crippen molar-refractivity contribution >= 4 is 16.8 Å². The van der Waals surface area contributed by atoms with Crippen molar-refractivity contribution in [2.24, 2.45) is 5.41 Å². The Balaban J connectivity index is 1.77. The number of fused-ring (bicyclic) bond motifs is 1. The SMILES string of the molecule is CC1(C)C(O)CC1NC(=O)c1ccc2cn[nH]c2c1. The van der Waals surface area contributed by atoms with E-state index < -0.39 is 0 Å². The Morgan fingerprint density at radius 2 is 2.32 bits per heavy atom. The highest BCUT2D eigenvalue weighted by Gasteiger charge is 2.47. The molecule has 2 aromatic rings. The number of rotatable bonds is 2. The number of hydrogen-bond acceptors (Lipinski definition) is 3. The van der Waals surface area contributed by atoms with Gasteiger partial charge in [-0.15, -0.1) is 0 Å². The molecule has 5 heteroatoms. The standard InChI is InChI=1S/C14H17N3O2/c1-14(2)11(6-12(14)18)16-13(19)8-3-4-9-7-15-17-10(9)5-8/h3-5,7,11-12,18H,6H2,1-2H3,(H,15,17)(H,16,19). The fraction of sp³-hybridized carbons (Fsp3) is 0.429. The van der Waals surface area contributed by atoms with Gasteiger partial charge in [-0.1, -0.05) is 19.9 Å². The van der Waals surface area contributed by atoms with Crippen LogP contribution in [0.2, 0.25) is 0 Å². The summed E-state index contributed by atoms with van der Waals surface area (Å²) < 4.78 is 0. The van der Waals surface area contributed by atoms with Crippen molar-refractivity contribution in [1.82, 2.24) is 15.5 Å². The summed E-state index contributed by atoms with van der Waals surface area (Å²) in [4.78, 5) is 12.2. The molecular formula is C14H17N3O2. The molecule has 0 radical (unpaired) electrons. The number of amides is 1. The topological polar surface area (TPSA) is 78.0 Å². The zero-order chi connectivity index (χ0) is 13.6. The van der Waals surface area contributed by atoms with Gasteiger partial charge < -0.3 is 10.4 Å². The van der Waals surface area contributed by atoms with Crippen LogP contribution in [0.3, 0.4) is 0 Å². The Labute approximate surface area is 111 Å². The number of aromatic nitrogens is 2. The number of H-pyrrole nitrogens is 1. The number of nitrogens with one attached hydrogen (secondary N) is 2. The van der Waals surface area contributed by atoms with E-state index in [1.165, 1.54) is 0 Å². The summed E-state index contributed by atoms with van der Waals surface area (Å²) in [7, 11) is 0. The van der Waals surface area contributed by atoms with E-state index in [0.29, 0.717) is 12.0 Å². The van der Waals surface area contributed by atoms with Gasteiger partial charge in [-0.2, -0.15) is 5.10 Å². The molecule has 1 heterocycles. The molecule has 19 heavy (non-hydrogen) atoms. The number of hydrogen-bond donors (Lipinski definition) is 3. The zero-order valence-electron chi connectivity index (χ0n) is 11.0. The predicted octanol–water partition coefficient (Wildman–Crippen LogP) is 1.45. The lowest BCUT2D eigenvalue weighted by Gasteiger charge is -2.49. The first-order chi connectivity index (χ1) is 8.98. The summed E-state index contributed by atoms with van der Waals surface area (Å²) in [5.41, 5.74) is 1.20. The molecule has 1 aliphatic rings. The van der Waals surface area contributed by atoms with E-state index in [2.05, 4.69) is 15.5 Å². The monoisotopic (exact) mass is 259 g/mol. The molecular weight excluding hydrogens is 242 g/mol. The van der Waals surface area contributed by atoms with Gasteiger partial charge in [0.25, 0.3) is 5.91 Å². The molecule has 0 saturated heterocycles. The van der Waals surface area contributed by atoms with Crippen molar-refractivity contribution < 1.29 is 9.90 Å². The molecule has 100 valence electrons. The third kappa shape index (κ3) is 1.90. The van der Waals surface area contributed by atoms with Crippen molar-refractivity contribution in [2.45, 2.75) is 32.4 Å². The van der Waals surface area contributed by atoms with Crippen LogP contribution in [-0.4, -0.2) is 33.4 Å². The average molecular weight is 259 g/mol. The molecule has 3 rings (SSSR count). The van der Waals surface area contributed by atoms with E-state index in [1.807, 2.05) is 19.9 Å². The van der Waals surface area contributed by atoms with Crippen LogP contribution in [0.25, 0.3) is 10.9 Å². The smallest absolute Gasteiger partial charge is 0.251 e. The second kappa shape index (κ2) is 4.06. The third-order valence-electron chi connectivity index (χ3n) is 4.23. The van der Waals surface area contributed by atoms with E-state index in [0.717, 1.165) is 10.9 Å². The lowest BCUT2D eigenvalue weighted by Crippen LogP contribution is -2.61. The third-order valence-corrected chi connectivity index (χ3v) is 4.23. The minimum Gasteiger partial charge on any atom is -0.392 e. The highest BCUT2D eigenvalue weighted by Crippen LogP contribution is 2.40. The van der Waals surface area contributed by atoms with Crippen LogP contribution in [0.15, 0.2) is 24.4 Å². The summed E-state index contributed by atoms with van der Waals surface area (Å²) >= 11 is 0. The van der Waals surface area contributed by atoms with Gasteiger partial charge in [-0.25, -0.2) is 0 Å². The lowest BCUT2D eigenvalue weighted by atomic mass is 9.64. The van der Waals surface area contributed by atoms with E-state index in [4.69, 9.17) is 0 Å². The summed E-state index contributed by atoms with van der Waals surface area (Å²) in [6.45, 7) is 3.93. The Kier molecular flexibility index (Phi) is 2.60. The highest BCUT2D eigenvalue weighted by molar-refractivity contribution is 5.97. The van der Waals surface area contributed by atoms with E-state index in [9.17, 15) is 9.90 Å². The van der Waals surface area contributed by atoms with E-state index in [-0.39, 0.29) is 23.5 Å². The van der Waals surface area contributed by atoms with Crippen LogP contribution in [0, 0.1) is 5.41 Å². The number of aliphatic hydroxyl groups excluding tert-OH is 1. The Bertz CT molecular complexity index is 632. The zero-order valence-corrected chi connectivity index (χ0v) is 11.0. The van der Waals surface area contributed by atoms with Crippen LogP contribution in [-0.2, 0) is 0 Å². The molecule has 3 N–H and O–H groups in total. The molecule has 2 atom stereocenters. The number of nitrogens with zero attached hydrogens (tertiary/aromatic N) is 1. The van der Waals surface area contributed by atoms with Crippen molar-refractivity contribution in [3.8, 4) is 0 Å². The van der Waals surface area contributed by atoms with Gasteiger partial charge in [0.1, 0.15) is 0 Å². The minimum atomic E-state index is -0.340. The second-order valence-corrected chi connectivity index (χ2v) is 5.77. The molecule has 2 unspecified atom stereocenters. The molecule has 1 saturated carbocycles. The molecule has 1 aromatic carbocycles. The van der Waals surface area contributed by atoms with Crippen molar-refractivity contribution in [2.75, 3.05) is 0 Å².